The second-order valence-electron chi connectivity index (χ2n) is 7.69. The summed E-state index contributed by atoms with van der Waals surface area (Å²) in [5, 5.41) is 0.720. The van der Waals surface area contributed by atoms with Crippen molar-refractivity contribution in [1.29, 1.82) is 0 Å². The van der Waals surface area contributed by atoms with Gasteiger partial charge in [0.2, 0.25) is 0 Å². The summed E-state index contributed by atoms with van der Waals surface area (Å²) in [6.07, 6.45) is 5.68. The fourth-order valence-electron chi connectivity index (χ4n) is 3.05. The molecule has 0 aromatic heterocycles. The molecule has 0 saturated heterocycles. The number of thiol groups is 1. The van der Waals surface area contributed by atoms with Crippen LogP contribution < -0.4 is 0 Å². The van der Waals surface area contributed by atoms with E-state index in [1.165, 1.54) is 11.1 Å². The van der Waals surface area contributed by atoms with E-state index in [1.807, 2.05) is 49.4 Å². The topological polar surface area (TPSA) is 3.24 Å². The molecule has 0 aliphatic heterocycles. The van der Waals surface area contributed by atoms with Gasteiger partial charge in [0.1, 0.15) is 0 Å². The molecular formula is C27H32FNS. The minimum atomic E-state index is -0.431. The van der Waals surface area contributed by atoms with Gasteiger partial charge in [-0.25, -0.2) is 5.12 Å². The molecule has 0 N–H and O–H groups in total. The molecule has 0 amide bonds. The first-order chi connectivity index (χ1) is 14.3. The highest BCUT2D eigenvalue weighted by Gasteiger charge is 2.19. The lowest BCUT2D eigenvalue weighted by molar-refractivity contribution is 0.0467. The first-order valence-corrected chi connectivity index (χ1v) is 10.9. The summed E-state index contributed by atoms with van der Waals surface area (Å²) in [6.45, 7) is 13.6. The lowest BCUT2D eigenvalue weighted by atomic mass is 9.97. The number of halogens is 1. The molecule has 3 heteroatoms. The van der Waals surface area contributed by atoms with Crippen molar-refractivity contribution >= 4 is 18.7 Å². The number of allylic oxidation sites excluding steroid dienone is 2. The molecule has 0 fully saturated rings. The number of aryl methyl sites for hydroxylation is 1. The van der Waals surface area contributed by atoms with E-state index < -0.39 is 6.04 Å². The van der Waals surface area contributed by atoms with Crippen LogP contribution in [0.1, 0.15) is 43.9 Å². The molecule has 0 saturated carbocycles. The normalized spacial score (nSPS) is 13.1. The quantitative estimate of drug-likeness (QED) is 0.178. The van der Waals surface area contributed by atoms with Crippen molar-refractivity contribution in [2.75, 3.05) is 0 Å². The Balaban J connectivity index is 2.28. The van der Waals surface area contributed by atoms with E-state index in [9.17, 15) is 0 Å². The third-order valence-electron chi connectivity index (χ3n) is 5.32. The fourth-order valence-corrected chi connectivity index (χ4v) is 3.26. The third kappa shape index (κ3) is 6.77. The van der Waals surface area contributed by atoms with Gasteiger partial charge in [0.05, 0.1) is 11.7 Å². The van der Waals surface area contributed by atoms with E-state index >= 15 is 4.48 Å². The van der Waals surface area contributed by atoms with Crippen molar-refractivity contribution in [1.82, 2.24) is 5.12 Å². The van der Waals surface area contributed by atoms with Crippen LogP contribution >= 0.6 is 12.6 Å². The first-order valence-electron chi connectivity index (χ1n) is 10.2. The Hall–Kier alpha value is -2.52. The van der Waals surface area contributed by atoms with Gasteiger partial charge in [-0.3, -0.25) is 0 Å². The minimum absolute atomic E-state index is 0.362. The van der Waals surface area contributed by atoms with E-state index in [2.05, 4.69) is 57.0 Å². The Morgan fingerprint density at radius 3 is 2.20 bits per heavy atom. The highest BCUT2D eigenvalue weighted by Crippen LogP contribution is 2.27. The Kier molecular flexibility index (Phi) is 9.19. The summed E-state index contributed by atoms with van der Waals surface area (Å²) in [5.74, 6) is 0.737. The molecule has 158 valence electrons. The second kappa shape index (κ2) is 11.6. The largest absolute Gasteiger partial charge is 0.205 e. The van der Waals surface area contributed by atoms with Crippen molar-refractivity contribution in [2.45, 2.75) is 45.4 Å². The zero-order chi connectivity index (χ0) is 22.1. The maximum Gasteiger partial charge on any atom is 0.0791 e. The summed E-state index contributed by atoms with van der Waals surface area (Å²) in [6, 6.07) is 18.1. The van der Waals surface area contributed by atoms with E-state index in [-0.39, 0.29) is 0 Å². The maximum absolute atomic E-state index is 15.0. The highest BCUT2D eigenvalue weighted by molar-refractivity contribution is 7.79. The lowest BCUT2D eigenvalue weighted by Gasteiger charge is -2.25. The molecule has 0 aliphatic rings. The molecule has 2 aromatic rings. The average Bonchev–Trinajstić information content (AvgIpc) is 2.77. The van der Waals surface area contributed by atoms with Crippen LogP contribution in [0.25, 0.3) is 6.08 Å². The van der Waals surface area contributed by atoms with Gasteiger partial charge in [0.25, 0.3) is 0 Å². The number of rotatable bonds is 10. The number of hydrogen-bond donors (Lipinski definition) is 1. The second-order valence-corrected chi connectivity index (χ2v) is 8.01. The monoisotopic (exact) mass is 421 g/mol. The molecule has 0 heterocycles. The molecule has 30 heavy (non-hydrogen) atoms. The van der Waals surface area contributed by atoms with E-state index in [4.69, 9.17) is 0 Å². The minimum Gasteiger partial charge on any atom is -0.205 e. The molecule has 2 aromatic carbocycles. The Labute approximate surface area is 186 Å². The highest BCUT2D eigenvalue weighted by atomic mass is 32.1. The van der Waals surface area contributed by atoms with Crippen molar-refractivity contribution < 1.29 is 4.48 Å². The molecule has 0 aliphatic carbocycles. The van der Waals surface area contributed by atoms with Gasteiger partial charge in [-0.05, 0) is 55.9 Å². The summed E-state index contributed by atoms with van der Waals surface area (Å²) < 4.78 is 15.0. The van der Waals surface area contributed by atoms with Crippen molar-refractivity contribution in [3.63, 3.8) is 0 Å². The van der Waals surface area contributed by atoms with Crippen LogP contribution in [0.15, 0.2) is 96.2 Å². The predicted octanol–water partition coefficient (Wildman–Crippen LogP) is 7.74. The molecule has 1 atom stereocenters. The van der Waals surface area contributed by atoms with Crippen LogP contribution in [0.5, 0.6) is 0 Å². The predicted molar refractivity (Wildman–Crippen MR) is 132 cm³/mol. The molecule has 1 nitrogen and oxygen atoms in total. The summed E-state index contributed by atoms with van der Waals surface area (Å²) in [4.78, 5) is 0. The van der Waals surface area contributed by atoms with Gasteiger partial charge < -0.3 is 0 Å². The Morgan fingerprint density at radius 1 is 1.03 bits per heavy atom. The molecule has 0 bridgehead atoms. The van der Waals surface area contributed by atoms with Crippen LogP contribution in [0.3, 0.4) is 0 Å². The molecule has 2 rings (SSSR count). The molecule has 1 unspecified atom stereocenters. The van der Waals surface area contributed by atoms with E-state index in [0.717, 1.165) is 46.0 Å². The number of hydrogen-bond acceptors (Lipinski definition) is 2. The van der Waals surface area contributed by atoms with Crippen molar-refractivity contribution in [3.05, 3.63) is 113 Å². The summed E-state index contributed by atoms with van der Waals surface area (Å²) in [7, 11) is 0. The SMILES string of the molecule is C=C(C)C(C)N(F)C(=C)C(/C=C\c1ccccc1)=C(/C)CCc1ccc(CS)cc1. The zero-order valence-electron chi connectivity index (χ0n) is 18.2. The molecule has 0 spiro atoms. The number of benzene rings is 2. The summed E-state index contributed by atoms with van der Waals surface area (Å²) >= 11 is 4.31. The fraction of sp³-hybridized carbons (Fsp3) is 0.259. The molecule has 0 radical (unpaired) electrons. The Bertz CT molecular complexity index is 910. The van der Waals surface area contributed by atoms with Gasteiger partial charge in [-0.1, -0.05) is 95.5 Å². The van der Waals surface area contributed by atoms with Crippen LogP contribution in [-0.4, -0.2) is 11.2 Å². The van der Waals surface area contributed by atoms with Crippen LogP contribution in [0.2, 0.25) is 0 Å². The van der Waals surface area contributed by atoms with Gasteiger partial charge in [-0.15, -0.1) is 0 Å². The van der Waals surface area contributed by atoms with E-state index in [0.29, 0.717) is 5.70 Å². The maximum atomic E-state index is 15.0. The van der Waals surface area contributed by atoms with Crippen LogP contribution in [0.4, 0.5) is 4.48 Å². The van der Waals surface area contributed by atoms with Crippen LogP contribution in [-0.2, 0) is 12.2 Å². The lowest BCUT2D eigenvalue weighted by Crippen LogP contribution is -2.25. The standard InChI is InChI=1S/C27H32FNS/c1-20(2)22(4)29(28)23(5)27(18-17-24-9-7-6-8-10-24)21(3)11-12-25-13-15-26(19-30)16-14-25/h6-10,13-18,22,30H,1,5,11-12,19H2,2-4H3/b18-17-,27-21-. The van der Waals surface area contributed by atoms with Crippen molar-refractivity contribution in [2.24, 2.45) is 0 Å². The summed E-state index contributed by atoms with van der Waals surface area (Å²) in [5.41, 5.74) is 6.56. The smallest absolute Gasteiger partial charge is 0.0791 e. The van der Waals surface area contributed by atoms with Gasteiger partial charge in [0.15, 0.2) is 0 Å². The zero-order valence-corrected chi connectivity index (χ0v) is 19.1. The number of nitrogens with zero attached hydrogens (tertiary/aromatic N) is 1. The first kappa shape index (κ1) is 23.8. The Morgan fingerprint density at radius 2 is 1.63 bits per heavy atom. The van der Waals surface area contributed by atoms with Gasteiger partial charge in [0, 0.05) is 5.75 Å². The van der Waals surface area contributed by atoms with Gasteiger partial charge >= 0.3 is 0 Å². The average molecular weight is 422 g/mol. The van der Waals surface area contributed by atoms with E-state index in [1.54, 1.807) is 6.92 Å². The molecular weight excluding hydrogens is 389 g/mol. The van der Waals surface area contributed by atoms with Crippen molar-refractivity contribution in [3.8, 4) is 0 Å². The third-order valence-corrected chi connectivity index (χ3v) is 5.68. The van der Waals surface area contributed by atoms with Gasteiger partial charge in [-0.2, -0.15) is 12.6 Å². The van der Waals surface area contributed by atoms with Crippen LogP contribution in [0, 0.1) is 0 Å².